The van der Waals surface area contributed by atoms with Gasteiger partial charge in [-0.1, -0.05) is 32.0 Å². The summed E-state index contributed by atoms with van der Waals surface area (Å²) in [5, 5.41) is 0.444. The van der Waals surface area contributed by atoms with Gasteiger partial charge in [-0.05, 0) is 18.1 Å². The second-order valence-electron chi connectivity index (χ2n) is 4.87. The van der Waals surface area contributed by atoms with Crippen LogP contribution in [0.15, 0.2) is 42.4 Å². The quantitative estimate of drug-likeness (QED) is 0.833. The lowest BCUT2D eigenvalue weighted by molar-refractivity contribution is 0.539. The SMILES string of the molecule is CCC(C)C1SC(c2cncs2)=CN1c1ccncc1. The third-order valence-corrected chi connectivity index (χ3v) is 5.99. The van der Waals surface area contributed by atoms with Crippen molar-refractivity contribution in [1.29, 1.82) is 0 Å². The molecule has 0 aliphatic carbocycles. The van der Waals surface area contributed by atoms with E-state index in [2.05, 4.69) is 47.0 Å². The molecule has 0 fully saturated rings. The number of anilines is 1. The van der Waals surface area contributed by atoms with Gasteiger partial charge in [0, 0.05) is 35.4 Å². The van der Waals surface area contributed by atoms with E-state index in [1.807, 2.05) is 35.9 Å². The van der Waals surface area contributed by atoms with E-state index in [4.69, 9.17) is 0 Å². The fourth-order valence-corrected chi connectivity index (χ4v) is 4.34. The summed E-state index contributed by atoms with van der Waals surface area (Å²) in [4.78, 5) is 13.2. The summed E-state index contributed by atoms with van der Waals surface area (Å²) in [5.41, 5.74) is 3.10. The van der Waals surface area contributed by atoms with Crippen LogP contribution in [-0.2, 0) is 0 Å². The number of hydrogen-bond donors (Lipinski definition) is 0. The fourth-order valence-electron chi connectivity index (χ4n) is 2.21. The normalized spacial score (nSPS) is 20.0. The maximum Gasteiger partial charge on any atom is 0.0866 e. The number of nitrogens with zero attached hydrogens (tertiary/aromatic N) is 3. The molecule has 3 rings (SSSR count). The number of hydrogen-bond acceptors (Lipinski definition) is 5. The number of thiazole rings is 1. The topological polar surface area (TPSA) is 29.0 Å². The lowest BCUT2D eigenvalue weighted by Gasteiger charge is -2.29. The zero-order chi connectivity index (χ0) is 13.9. The standard InChI is InChI=1S/C15H17N3S2/c1-3-11(2)15-18(12-4-6-16-7-5-12)9-14(20-15)13-8-17-10-19-13/h4-11,15H,3H2,1-2H3. The van der Waals surface area contributed by atoms with Crippen LogP contribution < -0.4 is 4.90 Å². The van der Waals surface area contributed by atoms with E-state index >= 15 is 0 Å². The average Bonchev–Trinajstić information content (AvgIpc) is 3.16. The van der Waals surface area contributed by atoms with Crippen LogP contribution >= 0.6 is 23.1 Å². The zero-order valence-electron chi connectivity index (χ0n) is 11.6. The Morgan fingerprint density at radius 1 is 1.30 bits per heavy atom. The van der Waals surface area contributed by atoms with Gasteiger partial charge in [0.1, 0.15) is 0 Å². The van der Waals surface area contributed by atoms with Gasteiger partial charge >= 0.3 is 0 Å². The van der Waals surface area contributed by atoms with E-state index in [0.29, 0.717) is 11.3 Å². The highest BCUT2D eigenvalue weighted by Crippen LogP contribution is 2.45. The first-order chi connectivity index (χ1) is 9.79. The molecule has 5 heteroatoms. The van der Waals surface area contributed by atoms with Gasteiger partial charge in [0.2, 0.25) is 0 Å². The van der Waals surface area contributed by atoms with Crippen molar-refractivity contribution in [2.24, 2.45) is 5.92 Å². The smallest absolute Gasteiger partial charge is 0.0866 e. The molecule has 2 aromatic rings. The number of thioether (sulfide) groups is 1. The predicted molar refractivity (Wildman–Crippen MR) is 87.6 cm³/mol. The van der Waals surface area contributed by atoms with Gasteiger partial charge in [0.25, 0.3) is 0 Å². The summed E-state index contributed by atoms with van der Waals surface area (Å²) in [6, 6.07) is 4.14. The van der Waals surface area contributed by atoms with Crippen LogP contribution in [0, 0.1) is 5.92 Å². The van der Waals surface area contributed by atoms with Crippen molar-refractivity contribution in [2.75, 3.05) is 4.90 Å². The van der Waals surface area contributed by atoms with Crippen molar-refractivity contribution in [2.45, 2.75) is 25.6 Å². The molecule has 0 spiro atoms. The van der Waals surface area contributed by atoms with E-state index in [-0.39, 0.29) is 0 Å². The third-order valence-electron chi connectivity index (χ3n) is 3.54. The van der Waals surface area contributed by atoms with Crippen molar-refractivity contribution < 1.29 is 0 Å². The summed E-state index contributed by atoms with van der Waals surface area (Å²) in [7, 11) is 0. The van der Waals surface area contributed by atoms with Gasteiger partial charge in [-0.15, -0.1) is 11.3 Å². The molecular formula is C15H17N3S2. The van der Waals surface area contributed by atoms with Crippen LogP contribution in [-0.4, -0.2) is 15.3 Å². The molecule has 0 saturated carbocycles. The van der Waals surface area contributed by atoms with Crippen LogP contribution in [0.25, 0.3) is 4.91 Å². The highest BCUT2D eigenvalue weighted by molar-refractivity contribution is 8.09. The summed E-state index contributed by atoms with van der Waals surface area (Å²) in [6.45, 7) is 4.57. The van der Waals surface area contributed by atoms with Crippen molar-refractivity contribution in [1.82, 2.24) is 9.97 Å². The lowest BCUT2D eigenvalue weighted by Crippen LogP contribution is -2.29. The van der Waals surface area contributed by atoms with Crippen molar-refractivity contribution in [3.8, 4) is 0 Å². The minimum atomic E-state index is 0.444. The van der Waals surface area contributed by atoms with E-state index in [1.165, 1.54) is 21.9 Å². The Morgan fingerprint density at radius 3 is 2.75 bits per heavy atom. The third kappa shape index (κ3) is 2.60. The van der Waals surface area contributed by atoms with E-state index in [1.54, 1.807) is 11.3 Å². The Labute approximate surface area is 127 Å². The highest BCUT2D eigenvalue weighted by Gasteiger charge is 2.31. The van der Waals surface area contributed by atoms with E-state index in [0.717, 1.165) is 0 Å². The minimum absolute atomic E-state index is 0.444. The van der Waals surface area contributed by atoms with Crippen molar-refractivity contribution in [3.63, 3.8) is 0 Å². The zero-order valence-corrected chi connectivity index (χ0v) is 13.2. The number of rotatable bonds is 4. The summed E-state index contributed by atoms with van der Waals surface area (Å²) in [6.07, 6.45) is 9.08. The molecule has 0 N–H and O–H groups in total. The average molecular weight is 303 g/mol. The highest BCUT2D eigenvalue weighted by atomic mass is 32.2. The largest absolute Gasteiger partial charge is 0.334 e. The van der Waals surface area contributed by atoms with Crippen LogP contribution in [0.1, 0.15) is 25.1 Å². The van der Waals surface area contributed by atoms with Crippen LogP contribution in [0.3, 0.4) is 0 Å². The molecule has 3 heterocycles. The van der Waals surface area contributed by atoms with Crippen LogP contribution in [0.2, 0.25) is 0 Å². The Balaban J connectivity index is 1.94. The fraction of sp³-hybridized carbons (Fsp3) is 0.333. The van der Waals surface area contributed by atoms with Crippen molar-refractivity contribution in [3.05, 3.63) is 47.3 Å². The Morgan fingerprint density at radius 2 is 2.10 bits per heavy atom. The molecule has 2 atom stereocenters. The van der Waals surface area contributed by atoms with Gasteiger partial charge < -0.3 is 4.90 Å². The molecule has 0 aromatic carbocycles. The predicted octanol–water partition coefficient (Wildman–Crippen LogP) is 4.46. The molecule has 20 heavy (non-hydrogen) atoms. The molecule has 104 valence electrons. The van der Waals surface area contributed by atoms with Crippen molar-refractivity contribution >= 4 is 33.7 Å². The monoisotopic (exact) mass is 303 g/mol. The molecule has 1 aliphatic rings. The molecule has 2 aromatic heterocycles. The molecule has 1 aliphatic heterocycles. The Kier molecular flexibility index (Phi) is 4.08. The Bertz CT molecular complexity index is 580. The minimum Gasteiger partial charge on any atom is -0.334 e. The van der Waals surface area contributed by atoms with Gasteiger partial charge in [-0.3, -0.25) is 9.97 Å². The number of aromatic nitrogens is 2. The summed E-state index contributed by atoms with van der Waals surface area (Å²) >= 11 is 3.64. The van der Waals surface area contributed by atoms with Crippen LogP contribution in [0.4, 0.5) is 5.69 Å². The molecule has 0 bridgehead atoms. The summed E-state index contributed by atoms with van der Waals surface area (Å²) < 4.78 is 0. The molecular weight excluding hydrogens is 286 g/mol. The van der Waals surface area contributed by atoms with Crippen LogP contribution in [0.5, 0.6) is 0 Å². The van der Waals surface area contributed by atoms with Gasteiger partial charge in [-0.2, -0.15) is 0 Å². The molecule has 0 saturated heterocycles. The second kappa shape index (κ2) is 5.97. The molecule has 3 nitrogen and oxygen atoms in total. The number of pyridine rings is 1. The lowest BCUT2D eigenvalue weighted by atomic mass is 10.1. The summed E-state index contributed by atoms with van der Waals surface area (Å²) in [5.74, 6) is 0.620. The maximum absolute atomic E-state index is 4.19. The maximum atomic E-state index is 4.19. The van der Waals surface area contributed by atoms with Gasteiger partial charge in [0.05, 0.1) is 15.8 Å². The molecule has 0 radical (unpaired) electrons. The second-order valence-corrected chi connectivity index (χ2v) is 6.91. The molecule has 0 amide bonds. The first-order valence-corrected chi connectivity index (χ1v) is 8.51. The van der Waals surface area contributed by atoms with E-state index < -0.39 is 0 Å². The first kappa shape index (κ1) is 13.6. The first-order valence-electron chi connectivity index (χ1n) is 6.75. The van der Waals surface area contributed by atoms with Gasteiger partial charge in [0.15, 0.2) is 0 Å². The Hall–Kier alpha value is -1.33. The molecule has 2 unspecified atom stereocenters. The van der Waals surface area contributed by atoms with E-state index in [9.17, 15) is 0 Å². The van der Waals surface area contributed by atoms with Gasteiger partial charge in [-0.25, -0.2) is 0 Å².